The highest BCUT2D eigenvalue weighted by Gasteiger charge is 2.44. The molecule has 1 saturated heterocycles. The molecule has 0 aromatic heterocycles. The summed E-state index contributed by atoms with van der Waals surface area (Å²) in [6.07, 6.45) is -1.80. The van der Waals surface area contributed by atoms with E-state index in [4.69, 9.17) is 9.84 Å². The first kappa shape index (κ1) is 14.7. The van der Waals surface area contributed by atoms with Crippen molar-refractivity contribution in [3.05, 3.63) is 24.3 Å². The maximum absolute atomic E-state index is 13.4. The molecule has 1 heterocycles. The zero-order valence-corrected chi connectivity index (χ0v) is 11.5. The summed E-state index contributed by atoms with van der Waals surface area (Å²) in [5.74, 6) is -0.870. The normalized spacial score (nSPS) is 23.7. The Morgan fingerprint density at radius 3 is 2.50 bits per heavy atom. The van der Waals surface area contributed by atoms with E-state index in [1.54, 1.807) is 0 Å². The van der Waals surface area contributed by atoms with E-state index in [1.165, 1.54) is 31.4 Å². The topological polar surface area (TPSA) is 83.9 Å². The van der Waals surface area contributed by atoms with Crippen molar-refractivity contribution in [3.8, 4) is 5.75 Å². The van der Waals surface area contributed by atoms with Crippen LogP contribution in [-0.4, -0.2) is 49.7 Å². The van der Waals surface area contributed by atoms with Crippen LogP contribution >= 0.6 is 0 Å². The number of rotatable bonds is 4. The van der Waals surface area contributed by atoms with Gasteiger partial charge in [0.05, 0.1) is 12.0 Å². The van der Waals surface area contributed by atoms with Crippen LogP contribution in [-0.2, 0) is 14.8 Å². The average Bonchev–Trinajstić information content (AvgIpc) is 2.82. The number of hydrogen-bond donors (Lipinski definition) is 1. The Morgan fingerprint density at radius 1 is 1.40 bits per heavy atom. The standard InChI is InChI=1S/C12H14FNO5S/c1-19-9-2-4-10(5-3-9)20(17,18)14-7-8(13)6-11(14)12(15)16/h2-5,8,11H,6-7H2,1H3,(H,15,16)/t8-,11-/m0/s1. The van der Waals surface area contributed by atoms with Gasteiger partial charge in [0.15, 0.2) is 0 Å². The van der Waals surface area contributed by atoms with Gasteiger partial charge in [-0.15, -0.1) is 0 Å². The molecule has 1 N–H and O–H groups in total. The monoisotopic (exact) mass is 303 g/mol. The van der Waals surface area contributed by atoms with Crippen molar-refractivity contribution in [2.24, 2.45) is 0 Å². The van der Waals surface area contributed by atoms with Crippen LogP contribution in [0.3, 0.4) is 0 Å². The third-order valence-corrected chi connectivity index (χ3v) is 5.04. The third-order valence-electron chi connectivity index (χ3n) is 3.16. The highest BCUT2D eigenvalue weighted by atomic mass is 32.2. The largest absolute Gasteiger partial charge is 0.497 e. The minimum Gasteiger partial charge on any atom is -0.497 e. The second-order valence-corrected chi connectivity index (χ2v) is 6.33. The molecule has 0 unspecified atom stereocenters. The minimum atomic E-state index is -4.03. The van der Waals surface area contributed by atoms with Crippen LogP contribution < -0.4 is 4.74 Å². The molecule has 0 bridgehead atoms. The fourth-order valence-electron chi connectivity index (χ4n) is 2.13. The number of aliphatic carboxylic acids is 1. The van der Waals surface area contributed by atoms with Gasteiger partial charge in [-0.05, 0) is 24.3 Å². The first-order valence-corrected chi connectivity index (χ1v) is 7.33. The van der Waals surface area contributed by atoms with Crippen molar-refractivity contribution in [2.45, 2.75) is 23.5 Å². The van der Waals surface area contributed by atoms with E-state index >= 15 is 0 Å². The summed E-state index contributed by atoms with van der Waals surface area (Å²) < 4.78 is 43.7. The first-order chi connectivity index (χ1) is 9.36. The summed E-state index contributed by atoms with van der Waals surface area (Å²) in [4.78, 5) is 11.0. The number of halogens is 1. The molecule has 20 heavy (non-hydrogen) atoms. The van der Waals surface area contributed by atoms with E-state index in [9.17, 15) is 17.6 Å². The van der Waals surface area contributed by atoms with Crippen molar-refractivity contribution in [1.82, 2.24) is 4.31 Å². The number of hydrogen-bond acceptors (Lipinski definition) is 4. The highest BCUT2D eigenvalue weighted by molar-refractivity contribution is 7.89. The molecule has 1 aliphatic heterocycles. The van der Waals surface area contributed by atoms with Gasteiger partial charge in [-0.3, -0.25) is 4.79 Å². The molecule has 0 radical (unpaired) electrons. The van der Waals surface area contributed by atoms with Crippen LogP contribution in [0.2, 0.25) is 0 Å². The van der Waals surface area contributed by atoms with Crippen LogP contribution in [0.25, 0.3) is 0 Å². The molecule has 0 amide bonds. The zero-order chi connectivity index (χ0) is 14.9. The molecule has 0 aliphatic carbocycles. The number of alkyl halides is 1. The van der Waals surface area contributed by atoms with Gasteiger partial charge in [-0.2, -0.15) is 4.31 Å². The number of nitrogens with zero attached hydrogens (tertiary/aromatic N) is 1. The van der Waals surface area contributed by atoms with Gasteiger partial charge in [-0.1, -0.05) is 0 Å². The molecule has 8 heteroatoms. The fourth-order valence-corrected chi connectivity index (χ4v) is 3.75. The Morgan fingerprint density at radius 2 is 2.00 bits per heavy atom. The SMILES string of the molecule is COc1ccc(S(=O)(=O)N2C[C@@H](F)C[C@H]2C(=O)O)cc1. The van der Waals surface area contributed by atoms with Gasteiger partial charge in [0, 0.05) is 13.0 Å². The third kappa shape index (κ3) is 2.61. The molecule has 1 fully saturated rings. The molecule has 0 saturated carbocycles. The fraction of sp³-hybridized carbons (Fsp3) is 0.417. The van der Waals surface area contributed by atoms with Crippen LogP contribution in [0, 0.1) is 0 Å². The lowest BCUT2D eigenvalue weighted by Crippen LogP contribution is -2.40. The number of ether oxygens (including phenoxy) is 1. The first-order valence-electron chi connectivity index (χ1n) is 5.89. The number of carboxylic acids is 1. The summed E-state index contributed by atoms with van der Waals surface area (Å²) in [6.45, 7) is -0.439. The smallest absolute Gasteiger partial charge is 0.322 e. The van der Waals surface area contributed by atoms with Crippen molar-refractivity contribution in [1.29, 1.82) is 0 Å². The van der Waals surface area contributed by atoms with Gasteiger partial charge in [0.1, 0.15) is 18.0 Å². The molecule has 1 aliphatic rings. The Kier molecular flexibility index (Phi) is 3.96. The van der Waals surface area contributed by atoms with Crippen LogP contribution in [0.1, 0.15) is 6.42 Å². The molecular weight excluding hydrogens is 289 g/mol. The molecular formula is C12H14FNO5S. The van der Waals surface area contributed by atoms with Gasteiger partial charge in [0.25, 0.3) is 0 Å². The molecule has 2 rings (SSSR count). The summed E-state index contributed by atoms with van der Waals surface area (Å²) in [5.41, 5.74) is 0. The number of methoxy groups -OCH3 is 1. The predicted molar refractivity (Wildman–Crippen MR) is 67.8 cm³/mol. The molecule has 1 aromatic rings. The lowest BCUT2D eigenvalue weighted by molar-refractivity contribution is -0.140. The van der Waals surface area contributed by atoms with Gasteiger partial charge < -0.3 is 9.84 Å². The summed E-state index contributed by atoms with van der Waals surface area (Å²) in [7, 11) is -2.59. The maximum atomic E-state index is 13.4. The van der Waals surface area contributed by atoms with E-state index in [1.807, 2.05) is 0 Å². The predicted octanol–water partition coefficient (Wildman–Crippen LogP) is 0.881. The quantitative estimate of drug-likeness (QED) is 0.892. The Bertz CT molecular complexity index is 601. The number of carbonyl (C=O) groups is 1. The Balaban J connectivity index is 2.35. The molecule has 2 atom stereocenters. The Labute approximate surface area is 115 Å². The van der Waals surface area contributed by atoms with Crippen LogP contribution in [0.5, 0.6) is 5.75 Å². The van der Waals surface area contributed by atoms with E-state index in [-0.39, 0.29) is 11.3 Å². The zero-order valence-electron chi connectivity index (χ0n) is 10.7. The molecule has 6 nitrogen and oxygen atoms in total. The van der Waals surface area contributed by atoms with E-state index in [0.29, 0.717) is 10.1 Å². The van der Waals surface area contributed by atoms with E-state index < -0.39 is 34.8 Å². The molecule has 1 aromatic carbocycles. The van der Waals surface area contributed by atoms with Gasteiger partial charge in [0.2, 0.25) is 10.0 Å². The maximum Gasteiger partial charge on any atom is 0.322 e. The van der Waals surface area contributed by atoms with Crippen molar-refractivity contribution >= 4 is 16.0 Å². The number of benzene rings is 1. The second kappa shape index (κ2) is 5.37. The lowest BCUT2D eigenvalue weighted by Gasteiger charge is -2.20. The minimum absolute atomic E-state index is 0.0846. The molecule has 110 valence electrons. The van der Waals surface area contributed by atoms with Crippen molar-refractivity contribution < 1.29 is 27.4 Å². The van der Waals surface area contributed by atoms with Crippen molar-refractivity contribution in [2.75, 3.05) is 13.7 Å². The van der Waals surface area contributed by atoms with Crippen LogP contribution in [0.15, 0.2) is 29.2 Å². The van der Waals surface area contributed by atoms with Gasteiger partial charge >= 0.3 is 5.97 Å². The molecule has 0 spiro atoms. The Hall–Kier alpha value is -1.67. The van der Waals surface area contributed by atoms with Crippen molar-refractivity contribution in [3.63, 3.8) is 0 Å². The highest BCUT2D eigenvalue weighted by Crippen LogP contribution is 2.28. The lowest BCUT2D eigenvalue weighted by atomic mass is 10.2. The summed E-state index contributed by atoms with van der Waals surface area (Å²) in [5, 5.41) is 9.00. The van der Waals surface area contributed by atoms with E-state index in [2.05, 4.69) is 0 Å². The summed E-state index contributed by atoms with van der Waals surface area (Å²) in [6, 6.07) is 4.14. The van der Waals surface area contributed by atoms with Gasteiger partial charge in [-0.25, -0.2) is 12.8 Å². The number of carboxylic acid groups (broad SMARTS) is 1. The second-order valence-electron chi connectivity index (χ2n) is 4.44. The average molecular weight is 303 g/mol. The number of sulfonamides is 1. The summed E-state index contributed by atoms with van der Waals surface area (Å²) >= 11 is 0. The van der Waals surface area contributed by atoms with E-state index in [0.717, 1.165) is 0 Å². The van der Waals surface area contributed by atoms with Crippen LogP contribution in [0.4, 0.5) is 4.39 Å².